The van der Waals surface area contributed by atoms with Crippen molar-refractivity contribution in [2.45, 2.75) is 6.92 Å². The molecule has 1 heterocycles. The molecule has 7 nitrogen and oxygen atoms in total. The van der Waals surface area contributed by atoms with E-state index in [4.69, 9.17) is 4.74 Å². The van der Waals surface area contributed by atoms with Crippen LogP contribution in [0.1, 0.15) is 25.6 Å². The Morgan fingerprint density at radius 2 is 1.71 bits per heavy atom. The van der Waals surface area contributed by atoms with Crippen molar-refractivity contribution in [3.8, 4) is 0 Å². The molecule has 0 saturated carbocycles. The van der Waals surface area contributed by atoms with Gasteiger partial charge in [-0.25, -0.2) is 9.78 Å². The van der Waals surface area contributed by atoms with Gasteiger partial charge >= 0.3 is 5.97 Å². The number of carbonyl (C=O) groups excluding carboxylic acids is 3. The third kappa shape index (κ3) is 5.01. The topological polar surface area (TPSA) is 97.4 Å². The fourth-order valence-corrected chi connectivity index (χ4v) is 3.01. The molecule has 0 atom stereocenters. The lowest BCUT2D eigenvalue weighted by atomic mass is 10.1. The Hall–Kier alpha value is -3.52. The quantitative estimate of drug-likeness (QED) is 0.623. The minimum atomic E-state index is -0.713. The van der Waals surface area contributed by atoms with E-state index in [1.54, 1.807) is 54.7 Å². The fraction of sp³-hybridized carbons (Fsp3) is 0.100. The highest BCUT2D eigenvalue weighted by atomic mass is 32.1. The Labute approximate surface area is 165 Å². The van der Waals surface area contributed by atoms with Crippen molar-refractivity contribution in [3.63, 3.8) is 0 Å². The number of amides is 2. The van der Waals surface area contributed by atoms with Crippen LogP contribution in [0.2, 0.25) is 0 Å². The maximum Gasteiger partial charge on any atom is 0.340 e. The number of aromatic nitrogens is 1. The second-order valence-electron chi connectivity index (χ2n) is 5.77. The van der Waals surface area contributed by atoms with Crippen molar-refractivity contribution in [2.24, 2.45) is 0 Å². The molecule has 2 amide bonds. The highest BCUT2D eigenvalue weighted by Crippen LogP contribution is 2.18. The molecule has 0 aliphatic heterocycles. The predicted octanol–water partition coefficient (Wildman–Crippen LogP) is 3.50. The molecule has 0 saturated heterocycles. The third-order valence-electron chi connectivity index (χ3n) is 3.63. The summed E-state index contributed by atoms with van der Waals surface area (Å²) < 4.78 is 5.07. The molecular weight excluding hydrogens is 378 g/mol. The molecule has 3 aromatic rings. The highest BCUT2D eigenvalue weighted by molar-refractivity contribution is 7.15. The molecule has 0 fully saturated rings. The second-order valence-corrected chi connectivity index (χ2v) is 7.00. The average Bonchev–Trinajstić information content (AvgIpc) is 3.11. The number of rotatable bonds is 6. The zero-order chi connectivity index (χ0) is 19.9. The van der Waals surface area contributed by atoms with E-state index in [9.17, 15) is 14.4 Å². The van der Waals surface area contributed by atoms with Gasteiger partial charge in [0.25, 0.3) is 11.8 Å². The molecule has 0 radical (unpaired) electrons. The first kappa shape index (κ1) is 19.2. The number of ether oxygens (including phenoxy) is 1. The summed E-state index contributed by atoms with van der Waals surface area (Å²) in [4.78, 5) is 41.6. The zero-order valence-electron chi connectivity index (χ0n) is 15.0. The van der Waals surface area contributed by atoms with E-state index < -0.39 is 18.5 Å². The summed E-state index contributed by atoms with van der Waals surface area (Å²) in [5.41, 5.74) is 0.922. The SMILES string of the molecule is Cc1cnc(NC(=O)COC(=O)c2ccccc2NC(=O)c2ccccc2)s1. The molecule has 0 aliphatic carbocycles. The first-order valence-corrected chi connectivity index (χ1v) is 9.19. The lowest BCUT2D eigenvalue weighted by Gasteiger charge is -2.11. The number of anilines is 2. The monoisotopic (exact) mass is 395 g/mol. The number of hydrogen-bond acceptors (Lipinski definition) is 6. The highest BCUT2D eigenvalue weighted by Gasteiger charge is 2.17. The minimum absolute atomic E-state index is 0.157. The van der Waals surface area contributed by atoms with Crippen LogP contribution in [0.15, 0.2) is 60.8 Å². The van der Waals surface area contributed by atoms with E-state index >= 15 is 0 Å². The summed E-state index contributed by atoms with van der Waals surface area (Å²) in [6.07, 6.45) is 1.64. The van der Waals surface area contributed by atoms with Crippen LogP contribution in [0, 0.1) is 6.92 Å². The van der Waals surface area contributed by atoms with Crippen LogP contribution in [0.3, 0.4) is 0 Å². The smallest absolute Gasteiger partial charge is 0.340 e. The number of esters is 1. The molecule has 142 valence electrons. The molecule has 3 rings (SSSR count). The maximum atomic E-state index is 12.4. The molecule has 1 aromatic heterocycles. The van der Waals surface area contributed by atoms with E-state index in [0.29, 0.717) is 16.4 Å². The number of carbonyl (C=O) groups is 3. The van der Waals surface area contributed by atoms with Crippen LogP contribution >= 0.6 is 11.3 Å². The maximum absolute atomic E-state index is 12.4. The first-order valence-electron chi connectivity index (χ1n) is 8.38. The van der Waals surface area contributed by atoms with Gasteiger partial charge in [-0.05, 0) is 31.2 Å². The largest absolute Gasteiger partial charge is 0.452 e. The van der Waals surface area contributed by atoms with Crippen LogP contribution < -0.4 is 10.6 Å². The Morgan fingerprint density at radius 1 is 1.00 bits per heavy atom. The fourth-order valence-electron chi connectivity index (χ4n) is 2.33. The van der Waals surface area contributed by atoms with Gasteiger partial charge in [-0.2, -0.15) is 0 Å². The van der Waals surface area contributed by atoms with Crippen LogP contribution in [-0.4, -0.2) is 29.4 Å². The van der Waals surface area contributed by atoms with E-state index in [2.05, 4.69) is 15.6 Å². The van der Waals surface area contributed by atoms with Crippen molar-refractivity contribution in [1.82, 2.24) is 4.98 Å². The predicted molar refractivity (Wildman–Crippen MR) is 107 cm³/mol. The number of hydrogen-bond donors (Lipinski definition) is 2. The van der Waals surface area contributed by atoms with Gasteiger partial charge in [-0.1, -0.05) is 30.3 Å². The van der Waals surface area contributed by atoms with Gasteiger partial charge in [-0.15, -0.1) is 11.3 Å². The summed E-state index contributed by atoms with van der Waals surface area (Å²) in [5, 5.41) is 5.69. The van der Waals surface area contributed by atoms with Gasteiger partial charge in [0.2, 0.25) is 0 Å². The van der Waals surface area contributed by atoms with Crippen LogP contribution in [0.25, 0.3) is 0 Å². The summed E-state index contributed by atoms with van der Waals surface area (Å²) in [6, 6.07) is 15.1. The Kier molecular flexibility index (Phi) is 6.13. The van der Waals surface area contributed by atoms with E-state index in [1.165, 1.54) is 17.4 Å². The first-order chi connectivity index (χ1) is 13.5. The standard InChI is InChI=1S/C20H17N3O4S/c1-13-11-21-20(28-13)23-17(24)12-27-19(26)15-9-5-6-10-16(15)22-18(25)14-7-3-2-4-8-14/h2-11H,12H2,1H3,(H,22,25)(H,21,23,24). The summed E-state index contributed by atoms with van der Waals surface area (Å²) in [5.74, 6) is -1.55. The van der Waals surface area contributed by atoms with Crippen LogP contribution in [0.5, 0.6) is 0 Å². The van der Waals surface area contributed by atoms with E-state index in [1.807, 2.05) is 6.92 Å². The normalized spacial score (nSPS) is 10.2. The summed E-state index contributed by atoms with van der Waals surface area (Å²) in [6.45, 7) is 1.41. The Balaban J connectivity index is 1.62. The van der Waals surface area contributed by atoms with Crippen LogP contribution in [-0.2, 0) is 9.53 Å². The molecular formula is C20H17N3O4S. The number of nitrogens with zero attached hydrogens (tertiary/aromatic N) is 1. The number of aryl methyl sites for hydroxylation is 1. The zero-order valence-corrected chi connectivity index (χ0v) is 15.8. The summed E-state index contributed by atoms with van der Waals surface area (Å²) >= 11 is 1.32. The van der Waals surface area contributed by atoms with Crippen molar-refractivity contribution in [2.75, 3.05) is 17.2 Å². The van der Waals surface area contributed by atoms with E-state index in [-0.39, 0.29) is 11.5 Å². The van der Waals surface area contributed by atoms with Gasteiger partial charge in [0, 0.05) is 16.6 Å². The van der Waals surface area contributed by atoms with Crippen LogP contribution in [0.4, 0.5) is 10.8 Å². The van der Waals surface area contributed by atoms with Gasteiger partial charge in [0.05, 0.1) is 11.3 Å². The van der Waals surface area contributed by atoms with Crippen molar-refractivity contribution >= 4 is 39.9 Å². The lowest BCUT2D eigenvalue weighted by Crippen LogP contribution is -2.22. The number of nitrogens with one attached hydrogen (secondary N) is 2. The number of para-hydroxylation sites is 1. The lowest BCUT2D eigenvalue weighted by molar-refractivity contribution is -0.119. The second kappa shape index (κ2) is 8.92. The van der Waals surface area contributed by atoms with Crippen molar-refractivity contribution in [1.29, 1.82) is 0 Å². The average molecular weight is 395 g/mol. The number of thiazole rings is 1. The molecule has 2 aromatic carbocycles. The molecule has 0 unspecified atom stereocenters. The Morgan fingerprint density at radius 3 is 2.43 bits per heavy atom. The molecule has 0 aliphatic rings. The Bertz CT molecular complexity index is 1000. The molecule has 0 bridgehead atoms. The van der Waals surface area contributed by atoms with Gasteiger partial charge < -0.3 is 10.1 Å². The van der Waals surface area contributed by atoms with Gasteiger partial charge in [0.15, 0.2) is 11.7 Å². The molecule has 8 heteroatoms. The van der Waals surface area contributed by atoms with Gasteiger partial charge in [0.1, 0.15) is 0 Å². The van der Waals surface area contributed by atoms with Gasteiger partial charge in [-0.3, -0.25) is 14.9 Å². The minimum Gasteiger partial charge on any atom is -0.452 e. The van der Waals surface area contributed by atoms with Crippen molar-refractivity contribution < 1.29 is 19.1 Å². The number of benzene rings is 2. The molecule has 28 heavy (non-hydrogen) atoms. The summed E-state index contributed by atoms with van der Waals surface area (Å²) in [7, 11) is 0. The van der Waals surface area contributed by atoms with E-state index in [0.717, 1.165) is 4.88 Å². The third-order valence-corrected chi connectivity index (χ3v) is 4.46. The van der Waals surface area contributed by atoms with Crippen molar-refractivity contribution in [3.05, 3.63) is 76.8 Å². The molecule has 2 N–H and O–H groups in total. The molecule has 0 spiro atoms.